The summed E-state index contributed by atoms with van der Waals surface area (Å²) in [6.07, 6.45) is 2.71. The third-order valence-corrected chi connectivity index (χ3v) is 3.79. The van der Waals surface area contributed by atoms with Crippen molar-refractivity contribution in [2.75, 3.05) is 6.54 Å². The van der Waals surface area contributed by atoms with Crippen LogP contribution < -0.4 is 15.4 Å². The van der Waals surface area contributed by atoms with Gasteiger partial charge in [-0.25, -0.2) is 4.98 Å². The van der Waals surface area contributed by atoms with Crippen LogP contribution in [0, 0.1) is 5.92 Å². The molecule has 140 valence electrons. The summed E-state index contributed by atoms with van der Waals surface area (Å²) < 4.78 is 5.74. The summed E-state index contributed by atoms with van der Waals surface area (Å²) in [5.74, 6) is 1.78. The van der Waals surface area contributed by atoms with Crippen LogP contribution >= 0.6 is 0 Å². The molecule has 5 heteroatoms. The Morgan fingerprint density at radius 2 is 1.81 bits per heavy atom. The second-order valence-electron chi connectivity index (χ2n) is 7.12. The fourth-order valence-electron chi connectivity index (χ4n) is 2.34. The van der Waals surface area contributed by atoms with E-state index in [2.05, 4.69) is 29.5 Å². The standard InChI is InChI=1S/C21H29N3O2/c1-15(2)11-12-22-13-17-5-8-19(9-6-17)26-20-10-7-18(14-23-20)21(25)24-16(3)4/h5-10,14-16,22H,11-13H2,1-4H3,(H,24,25). The smallest absolute Gasteiger partial charge is 0.253 e. The molecule has 5 nitrogen and oxygen atoms in total. The number of carbonyl (C=O) groups excluding carboxylic acids is 1. The average Bonchev–Trinajstić information content (AvgIpc) is 2.60. The lowest BCUT2D eigenvalue weighted by Crippen LogP contribution is -2.30. The van der Waals surface area contributed by atoms with Crippen molar-refractivity contribution in [1.82, 2.24) is 15.6 Å². The van der Waals surface area contributed by atoms with Crippen molar-refractivity contribution in [3.63, 3.8) is 0 Å². The highest BCUT2D eigenvalue weighted by molar-refractivity contribution is 5.94. The van der Waals surface area contributed by atoms with E-state index >= 15 is 0 Å². The van der Waals surface area contributed by atoms with Crippen molar-refractivity contribution >= 4 is 5.91 Å². The minimum absolute atomic E-state index is 0.0943. The summed E-state index contributed by atoms with van der Waals surface area (Å²) in [5, 5.41) is 6.28. The molecule has 0 fully saturated rings. The molecule has 0 radical (unpaired) electrons. The molecule has 0 unspecified atom stereocenters. The van der Waals surface area contributed by atoms with Gasteiger partial charge in [-0.3, -0.25) is 4.79 Å². The molecule has 0 spiro atoms. The first-order chi connectivity index (χ1) is 12.4. The van der Waals surface area contributed by atoms with Gasteiger partial charge in [0, 0.05) is 24.8 Å². The van der Waals surface area contributed by atoms with E-state index in [1.807, 2.05) is 38.1 Å². The van der Waals surface area contributed by atoms with Crippen LogP contribution in [0.5, 0.6) is 11.6 Å². The molecule has 0 bridgehead atoms. The van der Waals surface area contributed by atoms with Crippen molar-refractivity contribution in [2.24, 2.45) is 5.92 Å². The number of nitrogens with zero attached hydrogens (tertiary/aromatic N) is 1. The molecule has 1 aromatic heterocycles. The molecule has 0 atom stereocenters. The number of hydrogen-bond acceptors (Lipinski definition) is 4. The zero-order valence-corrected chi connectivity index (χ0v) is 16.1. The number of pyridine rings is 1. The van der Waals surface area contributed by atoms with Crippen LogP contribution in [-0.4, -0.2) is 23.5 Å². The van der Waals surface area contributed by atoms with Gasteiger partial charge >= 0.3 is 0 Å². The highest BCUT2D eigenvalue weighted by Crippen LogP contribution is 2.20. The van der Waals surface area contributed by atoms with Crippen molar-refractivity contribution in [2.45, 2.75) is 46.7 Å². The largest absolute Gasteiger partial charge is 0.439 e. The van der Waals surface area contributed by atoms with Crippen molar-refractivity contribution in [1.29, 1.82) is 0 Å². The number of rotatable bonds is 9. The van der Waals surface area contributed by atoms with E-state index in [1.54, 1.807) is 12.1 Å². The fourth-order valence-corrected chi connectivity index (χ4v) is 2.34. The molecule has 1 aromatic carbocycles. The Labute approximate surface area is 156 Å². The minimum atomic E-state index is -0.131. The SMILES string of the molecule is CC(C)CCNCc1ccc(Oc2ccc(C(=O)NC(C)C)cn2)cc1. The van der Waals surface area contributed by atoms with Crippen LogP contribution in [0.3, 0.4) is 0 Å². The highest BCUT2D eigenvalue weighted by Gasteiger charge is 2.08. The first-order valence-electron chi connectivity index (χ1n) is 9.18. The van der Waals surface area contributed by atoms with E-state index in [0.29, 0.717) is 17.4 Å². The summed E-state index contributed by atoms with van der Waals surface area (Å²) in [6, 6.07) is 11.5. The third kappa shape index (κ3) is 6.84. The van der Waals surface area contributed by atoms with Crippen LogP contribution in [-0.2, 0) is 6.54 Å². The Morgan fingerprint density at radius 1 is 1.08 bits per heavy atom. The number of hydrogen-bond donors (Lipinski definition) is 2. The molecule has 1 amide bonds. The minimum Gasteiger partial charge on any atom is -0.439 e. The van der Waals surface area contributed by atoms with Crippen LogP contribution in [0.4, 0.5) is 0 Å². The van der Waals surface area contributed by atoms with Gasteiger partial charge in [0.15, 0.2) is 0 Å². The maximum Gasteiger partial charge on any atom is 0.253 e. The lowest BCUT2D eigenvalue weighted by molar-refractivity contribution is 0.0942. The van der Waals surface area contributed by atoms with Gasteiger partial charge in [0.05, 0.1) is 5.56 Å². The number of carbonyl (C=O) groups is 1. The monoisotopic (exact) mass is 355 g/mol. The van der Waals surface area contributed by atoms with E-state index in [0.717, 1.165) is 18.8 Å². The van der Waals surface area contributed by atoms with Gasteiger partial charge in [0.25, 0.3) is 5.91 Å². The second-order valence-corrected chi connectivity index (χ2v) is 7.12. The molecule has 0 saturated heterocycles. The number of amides is 1. The van der Waals surface area contributed by atoms with Gasteiger partial charge < -0.3 is 15.4 Å². The lowest BCUT2D eigenvalue weighted by Gasteiger charge is -2.10. The number of benzene rings is 1. The van der Waals surface area contributed by atoms with Crippen LogP contribution in [0.2, 0.25) is 0 Å². The van der Waals surface area contributed by atoms with Crippen LogP contribution in [0.1, 0.15) is 50.0 Å². The molecule has 2 aromatic rings. The molecular formula is C21H29N3O2. The van der Waals surface area contributed by atoms with Gasteiger partial charge in [-0.05, 0) is 56.5 Å². The maximum absolute atomic E-state index is 11.9. The molecule has 0 aliphatic carbocycles. The summed E-state index contributed by atoms with van der Waals surface area (Å²) in [4.78, 5) is 16.1. The summed E-state index contributed by atoms with van der Waals surface area (Å²) in [5.41, 5.74) is 1.74. The third-order valence-electron chi connectivity index (χ3n) is 3.79. The summed E-state index contributed by atoms with van der Waals surface area (Å²) in [6.45, 7) is 10.2. The molecular weight excluding hydrogens is 326 g/mol. The quantitative estimate of drug-likeness (QED) is 0.663. The zero-order chi connectivity index (χ0) is 18.9. The molecule has 0 saturated carbocycles. The predicted molar refractivity (Wildman–Crippen MR) is 105 cm³/mol. The summed E-state index contributed by atoms with van der Waals surface area (Å²) >= 11 is 0. The van der Waals surface area contributed by atoms with Crippen LogP contribution in [0.25, 0.3) is 0 Å². The normalized spacial score (nSPS) is 11.0. The highest BCUT2D eigenvalue weighted by atomic mass is 16.5. The second kappa shape index (κ2) is 9.92. The van der Waals surface area contributed by atoms with E-state index in [-0.39, 0.29) is 11.9 Å². The number of aromatic nitrogens is 1. The first kappa shape index (κ1) is 19.9. The fraction of sp³-hybridized carbons (Fsp3) is 0.429. The molecule has 0 aliphatic rings. The molecule has 0 aliphatic heterocycles. The van der Waals surface area contributed by atoms with Gasteiger partial charge in [-0.15, -0.1) is 0 Å². The van der Waals surface area contributed by atoms with Gasteiger partial charge in [0.2, 0.25) is 5.88 Å². The molecule has 2 rings (SSSR count). The van der Waals surface area contributed by atoms with Gasteiger partial charge in [-0.1, -0.05) is 26.0 Å². The Kier molecular flexibility index (Phi) is 7.60. The van der Waals surface area contributed by atoms with Gasteiger partial charge in [0.1, 0.15) is 5.75 Å². The number of nitrogens with one attached hydrogen (secondary N) is 2. The maximum atomic E-state index is 11.9. The zero-order valence-electron chi connectivity index (χ0n) is 16.1. The predicted octanol–water partition coefficient (Wildman–Crippen LogP) is 4.15. The number of ether oxygens (including phenoxy) is 1. The Balaban J connectivity index is 1.85. The van der Waals surface area contributed by atoms with E-state index in [1.165, 1.54) is 18.2 Å². The van der Waals surface area contributed by atoms with Crippen molar-refractivity contribution < 1.29 is 9.53 Å². The Bertz CT molecular complexity index is 679. The van der Waals surface area contributed by atoms with E-state index in [9.17, 15) is 4.79 Å². The van der Waals surface area contributed by atoms with Crippen molar-refractivity contribution in [3.05, 3.63) is 53.7 Å². The van der Waals surface area contributed by atoms with Gasteiger partial charge in [-0.2, -0.15) is 0 Å². The molecule has 26 heavy (non-hydrogen) atoms. The van der Waals surface area contributed by atoms with Crippen molar-refractivity contribution in [3.8, 4) is 11.6 Å². The summed E-state index contributed by atoms with van der Waals surface area (Å²) in [7, 11) is 0. The van der Waals surface area contributed by atoms with Crippen LogP contribution in [0.15, 0.2) is 42.6 Å². The topological polar surface area (TPSA) is 63.2 Å². The molecule has 2 N–H and O–H groups in total. The van der Waals surface area contributed by atoms with E-state index < -0.39 is 0 Å². The van der Waals surface area contributed by atoms with E-state index in [4.69, 9.17) is 4.74 Å². The average molecular weight is 355 g/mol. The molecule has 1 heterocycles. The first-order valence-corrected chi connectivity index (χ1v) is 9.18. The lowest BCUT2D eigenvalue weighted by atomic mass is 10.1. The Hall–Kier alpha value is -2.40. The Morgan fingerprint density at radius 3 is 2.38 bits per heavy atom.